The maximum atomic E-state index is 12.1. The summed E-state index contributed by atoms with van der Waals surface area (Å²) in [6, 6.07) is 0.290. The molecule has 1 heterocycles. The molecule has 3 N–H and O–H groups in total. The summed E-state index contributed by atoms with van der Waals surface area (Å²) in [5, 5.41) is 9.21. The first-order chi connectivity index (χ1) is 10.9. The first kappa shape index (κ1) is 19.7. The average molecular weight is 326 g/mol. The van der Waals surface area contributed by atoms with Crippen molar-refractivity contribution in [1.29, 1.82) is 0 Å². The van der Waals surface area contributed by atoms with Crippen molar-refractivity contribution in [3.05, 3.63) is 0 Å². The van der Waals surface area contributed by atoms with Crippen LogP contribution in [-0.4, -0.2) is 55.6 Å². The van der Waals surface area contributed by atoms with Crippen LogP contribution in [0.4, 0.5) is 4.79 Å². The second-order valence-corrected chi connectivity index (χ2v) is 7.00. The third-order valence-corrected chi connectivity index (χ3v) is 4.10. The van der Waals surface area contributed by atoms with Gasteiger partial charge in [0.15, 0.2) is 0 Å². The highest BCUT2D eigenvalue weighted by Gasteiger charge is 2.25. The number of hydrogen-bond acceptors (Lipinski definition) is 3. The van der Waals surface area contributed by atoms with Crippen molar-refractivity contribution in [2.45, 2.75) is 53.0 Å². The molecule has 6 nitrogen and oxygen atoms in total. The van der Waals surface area contributed by atoms with Crippen LogP contribution >= 0.6 is 0 Å². The predicted octanol–water partition coefficient (Wildman–Crippen LogP) is 1.57. The summed E-state index contributed by atoms with van der Waals surface area (Å²) < 4.78 is 0. The third kappa shape index (κ3) is 8.21. The lowest BCUT2D eigenvalue weighted by atomic mass is 9.94. The van der Waals surface area contributed by atoms with E-state index in [1.165, 1.54) is 0 Å². The molecule has 0 aliphatic carbocycles. The van der Waals surface area contributed by atoms with Gasteiger partial charge in [0.25, 0.3) is 0 Å². The molecule has 1 rings (SSSR count). The van der Waals surface area contributed by atoms with Crippen LogP contribution in [0.15, 0.2) is 0 Å². The van der Waals surface area contributed by atoms with E-state index < -0.39 is 0 Å². The van der Waals surface area contributed by atoms with Crippen LogP contribution < -0.4 is 16.0 Å². The van der Waals surface area contributed by atoms with Gasteiger partial charge in [-0.05, 0) is 38.1 Å². The van der Waals surface area contributed by atoms with Gasteiger partial charge in [-0.15, -0.1) is 0 Å². The zero-order chi connectivity index (χ0) is 17.2. The Morgan fingerprint density at radius 3 is 2.57 bits per heavy atom. The number of rotatable bonds is 8. The lowest BCUT2D eigenvalue weighted by Crippen LogP contribution is -2.47. The SMILES string of the molecule is CCN[C@H](C)CNC(=O)CC1CCCN(C(=O)NCC(C)C)C1. The van der Waals surface area contributed by atoms with Gasteiger partial charge in [0, 0.05) is 38.6 Å². The number of likely N-dealkylation sites (tertiary alicyclic amines) is 1. The Morgan fingerprint density at radius 2 is 1.91 bits per heavy atom. The van der Waals surface area contributed by atoms with E-state index in [1.54, 1.807) is 0 Å². The van der Waals surface area contributed by atoms with Crippen LogP contribution in [0.5, 0.6) is 0 Å². The predicted molar refractivity (Wildman–Crippen MR) is 93.3 cm³/mol. The van der Waals surface area contributed by atoms with Crippen molar-refractivity contribution in [1.82, 2.24) is 20.9 Å². The van der Waals surface area contributed by atoms with Crippen molar-refractivity contribution < 1.29 is 9.59 Å². The van der Waals surface area contributed by atoms with Gasteiger partial charge in [-0.25, -0.2) is 4.79 Å². The largest absolute Gasteiger partial charge is 0.355 e. The van der Waals surface area contributed by atoms with Gasteiger partial charge >= 0.3 is 6.03 Å². The number of likely N-dealkylation sites (N-methyl/N-ethyl adjacent to an activating group) is 1. The normalized spacial score (nSPS) is 19.5. The Kier molecular flexibility index (Phi) is 8.99. The van der Waals surface area contributed by atoms with E-state index in [9.17, 15) is 9.59 Å². The first-order valence-corrected chi connectivity index (χ1v) is 8.95. The molecule has 1 aliphatic heterocycles. The maximum absolute atomic E-state index is 12.1. The zero-order valence-electron chi connectivity index (χ0n) is 15.2. The number of nitrogens with one attached hydrogen (secondary N) is 3. The molecule has 2 atom stereocenters. The molecule has 1 aliphatic rings. The Morgan fingerprint density at radius 1 is 1.17 bits per heavy atom. The summed E-state index contributed by atoms with van der Waals surface area (Å²) in [6.45, 7) is 12.0. The van der Waals surface area contributed by atoms with E-state index in [-0.39, 0.29) is 23.9 Å². The summed E-state index contributed by atoms with van der Waals surface area (Å²) in [4.78, 5) is 26.0. The molecule has 0 saturated carbocycles. The van der Waals surface area contributed by atoms with E-state index in [4.69, 9.17) is 0 Å². The molecule has 0 aromatic heterocycles. The third-order valence-electron chi connectivity index (χ3n) is 4.10. The van der Waals surface area contributed by atoms with E-state index >= 15 is 0 Å². The minimum atomic E-state index is 0.00424. The highest BCUT2D eigenvalue weighted by Crippen LogP contribution is 2.19. The molecule has 1 saturated heterocycles. The molecular weight excluding hydrogens is 292 g/mol. The highest BCUT2D eigenvalue weighted by atomic mass is 16.2. The summed E-state index contributed by atoms with van der Waals surface area (Å²) in [6.07, 6.45) is 2.50. The Hall–Kier alpha value is -1.30. The molecule has 0 radical (unpaired) electrons. The Bertz CT molecular complexity index is 374. The van der Waals surface area contributed by atoms with E-state index in [0.29, 0.717) is 32.0 Å². The van der Waals surface area contributed by atoms with Gasteiger partial charge in [0.1, 0.15) is 0 Å². The second-order valence-electron chi connectivity index (χ2n) is 7.00. The minimum absolute atomic E-state index is 0.00424. The number of nitrogens with zero attached hydrogens (tertiary/aromatic N) is 1. The Balaban J connectivity index is 2.31. The van der Waals surface area contributed by atoms with E-state index in [0.717, 1.165) is 25.9 Å². The minimum Gasteiger partial charge on any atom is -0.355 e. The molecule has 0 bridgehead atoms. The fourth-order valence-corrected chi connectivity index (χ4v) is 2.84. The molecule has 1 unspecified atom stereocenters. The smallest absolute Gasteiger partial charge is 0.317 e. The van der Waals surface area contributed by atoms with E-state index in [1.807, 2.05) is 4.90 Å². The molecule has 0 aromatic carbocycles. The van der Waals surface area contributed by atoms with Crippen molar-refractivity contribution in [2.75, 3.05) is 32.7 Å². The fraction of sp³-hybridized carbons (Fsp3) is 0.882. The lowest BCUT2D eigenvalue weighted by Gasteiger charge is -2.32. The summed E-state index contributed by atoms with van der Waals surface area (Å²) in [7, 11) is 0. The molecule has 134 valence electrons. The number of amides is 3. The first-order valence-electron chi connectivity index (χ1n) is 8.95. The van der Waals surface area contributed by atoms with Gasteiger partial charge < -0.3 is 20.9 Å². The van der Waals surface area contributed by atoms with Crippen LogP contribution in [0, 0.1) is 11.8 Å². The highest BCUT2D eigenvalue weighted by molar-refractivity contribution is 5.77. The topological polar surface area (TPSA) is 73.5 Å². The number of piperidine rings is 1. The zero-order valence-corrected chi connectivity index (χ0v) is 15.2. The van der Waals surface area contributed by atoms with Gasteiger partial charge in [0.2, 0.25) is 5.91 Å². The maximum Gasteiger partial charge on any atom is 0.317 e. The van der Waals surface area contributed by atoms with Crippen molar-refractivity contribution in [2.24, 2.45) is 11.8 Å². The van der Waals surface area contributed by atoms with E-state index in [2.05, 4.69) is 43.6 Å². The standard InChI is InChI=1S/C17H34N4O2/c1-5-18-14(4)11-19-16(22)9-15-7-6-8-21(12-15)17(23)20-10-13(2)3/h13-15,18H,5-12H2,1-4H3,(H,19,22)(H,20,23)/t14-,15?/m1/s1. The summed E-state index contributed by atoms with van der Waals surface area (Å²) in [5.74, 6) is 0.802. The molecule has 3 amide bonds. The number of hydrogen-bond donors (Lipinski definition) is 3. The van der Waals surface area contributed by atoms with Crippen LogP contribution in [0.1, 0.15) is 47.0 Å². The quantitative estimate of drug-likeness (QED) is 0.634. The summed E-state index contributed by atoms with van der Waals surface area (Å²) in [5.41, 5.74) is 0. The van der Waals surface area contributed by atoms with Crippen LogP contribution in [-0.2, 0) is 4.79 Å². The van der Waals surface area contributed by atoms with Gasteiger partial charge in [-0.2, -0.15) is 0 Å². The number of carbonyl (C=O) groups excluding carboxylic acids is 2. The molecule has 0 aromatic rings. The average Bonchev–Trinajstić information content (AvgIpc) is 2.51. The van der Waals surface area contributed by atoms with Crippen molar-refractivity contribution in [3.8, 4) is 0 Å². The second kappa shape index (κ2) is 10.5. The van der Waals surface area contributed by atoms with Crippen LogP contribution in [0.3, 0.4) is 0 Å². The monoisotopic (exact) mass is 326 g/mol. The molecule has 23 heavy (non-hydrogen) atoms. The molecular formula is C17H34N4O2. The van der Waals surface area contributed by atoms with Crippen LogP contribution in [0.25, 0.3) is 0 Å². The van der Waals surface area contributed by atoms with Crippen molar-refractivity contribution >= 4 is 11.9 Å². The number of carbonyl (C=O) groups is 2. The molecule has 0 spiro atoms. The molecule has 1 fully saturated rings. The van der Waals surface area contributed by atoms with Crippen molar-refractivity contribution in [3.63, 3.8) is 0 Å². The van der Waals surface area contributed by atoms with Gasteiger partial charge in [-0.1, -0.05) is 20.8 Å². The summed E-state index contributed by atoms with van der Waals surface area (Å²) >= 11 is 0. The fourth-order valence-electron chi connectivity index (χ4n) is 2.84. The van der Waals surface area contributed by atoms with Gasteiger partial charge in [0.05, 0.1) is 0 Å². The lowest BCUT2D eigenvalue weighted by molar-refractivity contribution is -0.122. The van der Waals surface area contributed by atoms with Crippen LogP contribution in [0.2, 0.25) is 0 Å². The molecule has 6 heteroatoms. The number of urea groups is 1. The van der Waals surface area contributed by atoms with Gasteiger partial charge in [-0.3, -0.25) is 4.79 Å². The Labute approximate surface area is 140 Å².